The van der Waals surface area contributed by atoms with Gasteiger partial charge in [-0.3, -0.25) is 24.0 Å². The number of anilines is 1. The molecule has 0 aliphatic rings. The van der Waals surface area contributed by atoms with Crippen LogP contribution >= 0.6 is 11.6 Å². The Morgan fingerprint density at radius 2 is 1.83 bits per heavy atom. The lowest BCUT2D eigenvalue weighted by atomic mass is 10.1. The molecule has 14 heteroatoms. The molecule has 0 spiro atoms. The molecule has 0 fully saturated rings. The Morgan fingerprint density at radius 3 is 2.44 bits per heavy atom. The van der Waals surface area contributed by atoms with Gasteiger partial charge < -0.3 is 15.0 Å². The number of halogens is 2. The molecular formula is C27H28ClFN4O7S. The first-order chi connectivity index (χ1) is 19.3. The number of nitro groups is 1. The zero-order chi connectivity index (χ0) is 30.5. The molecule has 0 bridgehead atoms. The van der Waals surface area contributed by atoms with E-state index < -0.39 is 55.7 Å². The van der Waals surface area contributed by atoms with Crippen LogP contribution in [0.4, 0.5) is 15.8 Å². The molecule has 0 aromatic heterocycles. The van der Waals surface area contributed by atoms with Crippen LogP contribution in [0.2, 0.25) is 5.02 Å². The number of nitrogens with one attached hydrogen (secondary N) is 1. The van der Waals surface area contributed by atoms with Crippen molar-refractivity contribution in [2.45, 2.75) is 31.3 Å². The summed E-state index contributed by atoms with van der Waals surface area (Å²) >= 11 is 6.18. The van der Waals surface area contributed by atoms with Crippen LogP contribution in [0.15, 0.2) is 65.6 Å². The number of likely N-dealkylation sites (N-methyl/N-ethyl adjacent to an activating group) is 1. The highest BCUT2D eigenvalue weighted by molar-refractivity contribution is 7.92. The number of nitrogens with zero attached hydrogens (tertiary/aromatic N) is 3. The third-order valence-corrected chi connectivity index (χ3v) is 8.36. The van der Waals surface area contributed by atoms with Crippen molar-refractivity contribution in [3.8, 4) is 5.75 Å². The number of methoxy groups -OCH3 is 1. The maximum Gasteiger partial charge on any atom is 0.273 e. The van der Waals surface area contributed by atoms with Gasteiger partial charge in [0.25, 0.3) is 15.7 Å². The number of ether oxygens (including phenoxy) is 1. The zero-order valence-electron chi connectivity index (χ0n) is 22.6. The molecule has 0 unspecified atom stereocenters. The predicted molar refractivity (Wildman–Crippen MR) is 151 cm³/mol. The largest absolute Gasteiger partial charge is 0.495 e. The molecule has 2 amide bonds. The van der Waals surface area contributed by atoms with Gasteiger partial charge in [-0.15, -0.1) is 0 Å². The Kier molecular flexibility index (Phi) is 9.89. The molecule has 0 saturated carbocycles. The average molecular weight is 607 g/mol. The quantitative estimate of drug-likeness (QED) is 0.256. The third kappa shape index (κ3) is 6.92. The highest BCUT2D eigenvalue weighted by atomic mass is 35.5. The summed E-state index contributed by atoms with van der Waals surface area (Å²) in [7, 11) is -2.02. The van der Waals surface area contributed by atoms with Crippen LogP contribution in [0.5, 0.6) is 5.75 Å². The molecule has 218 valence electrons. The van der Waals surface area contributed by atoms with Gasteiger partial charge in [-0.2, -0.15) is 0 Å². The summed E-state index contributed by atoms with van der Waals surface area (Å²) in [6, 6.07) is 12.0. The van der Waals surface area contributed by atoms with Gasteiger partial charge in [0.15, 0.2) is 0 Å². The van der Waals surface area contributed by atoms with Crippen molar-refractivity contribution >= 4 is 44.8 Å². The lowest BCUT2D eigenvalue weighted by Gasteiger charge is -2.32. The highest BCUT2D eigenvalue weighted by Crippen LogP contribution is 2.36. The fraction of sp³-hybridized carbons (Fsp3) is 0.259. The predicted octanol–water partition coefficient (Wildman–Crippen LogP) is 4.06. The van der Waals surface area contributed by atoms with E-state index in [-0.39, 0.29) is 34.1 Å². The van der Waals surface area contributed by atoms with Gasteiger partial charge in [0, 0.05) is 35.8 Å². The molecule has 3 rings (SSSR count). The first-order valence-corrected chi connectivity index (χ1v) is 14.0. The van der Waals surface area contributed by atoms with E-state index in [9.17, 15) is 32.5 Å². The summed E-state index contributed by atoms with van der Waals surface area (Å²) in [5.41, 5.74) is -0.243. The standard InChI is InChI=1S/C27H28ClFN4O7S/c1-17-9-11-21(14-23(17)33(36)37)41(38,39)32(24-13-20(28)10-12-25(24)40-4)16-26(34)31(18(2)27(35)30-3)15-19-7-5-6-8-22(19)29/h5-14,18H,15-16H2,1-4H3,(H,30,35)/t18-/m0/s1. The number of rotatable bonds is 11. The Hall–Kier alpha value is -4.23. The van der Waals surface area contributed by atoms with Gasteiger partial charge >= 0.3 is 0 Å². The van der Waals surface area contributed by atoms with Crippen molar-refractivity contribution in [2.24, 2.45) is 0 Å². The number of aryl methyl sites for hydroxylation is 1. The maximum absolute atomic E-state index is 14.5. The van der Waals surface area contributed by atoms with Gasteiger partial charge in [0.2, 0.25) is 11.8 Å². The molecule has 0 aliphatic carbocycles. The molecule has 0 heterocycles. The Morgan fingerprint density at radius 1 is 1.15 bits per heavy atom. The summed E-state index contributed by atoms with van der Waals surface area (Å²) in [4.78, 5) is 37.8. The normalized spacial score (nSPS) is 11.9. The first kappa shape index (κ1) is 31.3. The van der Waals surface area contributed by atoms with E-state index in [1.165, 1.54) is 76.5 Å². The van der Waals surface area contributed by atoms with E-state index in [1.54, 1.807) is 6.07 Å². The number of benzene rings is 3. The number of amides is 2. The SMILES string of the molecule is CNC(=O)[C@H](C)N(Cc1ccccc1F)C(=O)CN(c1cc(Cl)ccc1OC)S(=O)(=O)c1ccc(C)c([N+](=O)[O-])c1. The maximum atomic E-state index is 14.5. The zero-order valence-corrected chi connectivity index (χ0v) is 24.2. The second-order valence-electron chi connectivity index (χ2n) is 8.94. The van der Waals surface area contributed by atoms with Crippen LogP contribution in [0, 0.1) is 22.9 Å². The minimum absolute atomic E-state index is 0.0346. The summed E-state index contributed by atoms with van der Waals surface area (Å²) in [6.45, 7) is 1.64. The molecule has 1 atom stereocenters. The lowest BCUT2D eigenvalue weighted by Crippen LogP contribution is -2.50. The second-order valence-corrected chi connectivity index (χ2v) is 11.2. The monoisotopic (exact) mass is 606 g/mol. The molecule has 11 nitrogen and oxygen atoms in total. The third-order valence-electron chi connectivity index (χ3n) is 6.37. The molecule has 0 radical (unpaired) electrons. The summed E-state index contributed by atoms with van der Waals surface area (Å²) in [5, 5.41) is 14.1. The molecule has 0 saturated heterocycles. The van der Waals surface area contributed by atoms with E-state index in [0.29, 0.717) is 4.31 Å². The molecule has 41 heavy (non-hydrogen) atoms. The number of hydrogen-bond acceptors (Lipinski definition) is 7. The van der Waals surface area contributed by atoms with Crippen LogP contribution in [-0.2, 0) is 26.2 Å². The average Bonchev–Trinajstić information content (AvgIpc) is 2.94. The molecule has 0 aliphatic heterocycles. The van der Waals surface area contributed by atoms with Crippen LogP contribution < -0.4 is 14.4 Å². The molecule has 3 aromatic rings. The molecule has 1 N–H and O–H groups in total. The van der Waals surface area contributed by atoms with Gasteiger partial charge in [-0.05, 0) is 44.2 Å². The Labute approximate surface area is 241 Å². The molecular weight excluding hydrogens is 579 g/mol. The van der Waals surface area contributed by atoms with Crippen LogP contribution in [0.3, 0.4) is 0 Å². The minimum Gasteiger partial charge on any atom is -0.495 e. The Bertz CT molecular complexity index is 1590. The number of carbonyl (C=O) groups is 2. The van der Waals surface area contributed by atoms with Crippen LogP contribution in [0.1, 0.15) is 18.1 Å². The topological polar surface area (TPSA) is 139 Å². The number of sulfonamides is 1. The van der Waals surface area contributed by atoms with Gasteiger partial charge in [0.05, 0.1) is 22.6 Å². The van der Waals surface area contributed by atoms with E-state index >= 15 is 0 Å². The van der Waals surface area contributed by atoms with Gasteiger partial charge in [-0.25, -0.2) is 12.8 Å². The lowest BCUT2D eigenvalue weighted by molar-refractivity contribution is -0.385. The van der Waals surface area contributed by atoms with Crippen molar-refractivity contribution in [3.05, 3.63) is 92.7 Å². The summed E-state index contributed by atoms with van der Waals surface area (Å²) < 4.78 is 48.6. The first-order valence-electron chi connectivity index (χ1n) is 12.2. The van der Waals surface area contributed by atoms with Crippen molar-refractivity contribution in [1.82, 2.24) is 10.2 Å². The van der Waals surface area contributed by atoms with Crippen molar-refractivity contribution in [3.63, 3.8) is 0 Å². The van der Waals surface area contributed by atoms with E-state index in [2.05, 4.69) is 5.32 Å². The van der Waals surface area contributed by atoms with E-state index in [1.807, 2.05) is 0 Å². The van der Waals surface area contributed by atoms with Crippen molar-refractivity contribution < 1.29 is 32.1 Å². The van der Waals surface area contributed by atoms with Gasteiger partial charge in [0.1, 0.15) is 24.2 Å². The van der Waals surface area contributed by atoms with E-state index in [4.69, 9.17) is 16.3 Å². The second kappa shape index (κ2) is 13.0. The molecule has 3 aromatic carbocycles. The van der Waals surface area contributed by atoms with Gasteiger partial charge in [-0.1, -0.05) is 35.9 Å². The fourth-order valence-corrected chi connectivity index (χ4v) is 5.65. The number of hydrogen-bond donors (Lipinski definition) is 1. The summed E-state index contributed by atoms with van der Waals surface area (Å²) in [5.74, 6) is -2.02. The fourth-order valence-electron chi connectivity index (χ4n) is 4.05. The van der Waals surface area contributed by atoms with Crippen LogP contribution in [-0.4, -0.2) is 56.8 Å². The van der Waals surface area contributed by atoms with Crippen LogP contribution in [0.25, 0.3) is 0 Å². The smallest absolute Gasteiger partial charge is 0.273 e. The van der Waals surface area contributed by atoms with Crippen molar-refractivity contribution in [2.75, 3.05) is 25.0 Å². The van der Waals surface area contributed by atoms with E-state index in [0.717, 1.165) is 11.0 Å². The Balaban J connectivity index is 2.18. The number of nitro benzene ring substituents is 1. The number of carbonyl (C=O) groups excluding carboxylic acids is 2. The van der Waals surface area contributed by atoms with Crippen molar-refractivity contribution in [1.29, 1.82) is 0 Å². The highest BCUT2D eigenvalue weighted by Gasteiger charge is 2.35. The minimum atomic E-state index is -4.67. The summed E-state index contributed by atoms with van der Waals surface area (Å²) in [6.07, 6.45) is 0.